The van der Waals surface area contributed by atoms with Gasteiger partial charge in [0.2, 0.25) is 11.9 Å². The number of hydrazine groups is 1. The number of imide groups is 2. The molecule has 3 N–H and O–H groups in total. The number of piperazine rings is 1. The molecule has 5 amide bonds. The van der Waals surface area contributed by atoms with Crippen molar-refractivity contribution < 1.29 is 32.9 Å². The van der Waals surface area contributed by atoms with Gasteiger partial charge in [0.05, 0.1) is 48.0 Å². The van der Waals surface area contributed by atoms with E-state index in [-0.39, 0.29) is 29.8 Å². The van der Waals surface area contributed by atoms with E-state index in [1.807, 2.05) is 47.4 Å². The van der Waals surface area contributed by atoms with E-state index in [0.717, 1.165) is 49.2 Å². The lowest BCUT2D eigenvalue weighted by atomic mass is 9.95. The number of amides is 5. The van der Waals surface area contributed by atoms with Crippen LogP contribution < -0.4 is 35.8 Å². The molecule has 0 unspecified atom stereocenters. The van der Waals surface area contributed by atoms with Gasteiger partial charge in [-0.3, -0.25) is 24.6 Å². The van der Waals surface area contributed by atoms with Crippen molar-refractivity contribution in [1.29, 1.82) is 0 Å². The molecular formula is C41H45ClFN10O6P. The third kappa shape index (κ3) is 8.34. The Hall–Kier alpha value is -5.77. The Kier molecular flexibility index (Phi) is 11.4. The van der Waals surface area contributed by atoms with Crippen LogP contribution in [0.4, 0.5) is 43.7 Å². The van der Waals surface area contributed by atoms with Crippen molar-refractivity contribution in [2.75, 3.05) is 93.2 Å². The fraction of sp³-hybridized carbons (Fsp3) is 0.366. The molecule has 3 aromatic carbocycles. The van der Waals surface area contributed by atoms with Crippen LogP contribution in [0.1, 0.15) is 40.0 Å². The molecule has 0 aliphatic carbocycles. The molecule has 4 aromatic rings. The molecule has 19 heteroatoms. The molecule has 60 heavy (non-hydrogen) atoms. The molecule has 0 spiro atoms. The second-order valence-electron chi connectivity index (χ2n) is 15.6. The first-order valence-electron chi connectivity index (χ1n) is 19.7. The quantitative estimate of drug-likeness (QED) is 0.128. The molecule has 3 fully saturated rings. The Bertz CT molecular complexity index is 2420. The zero-order chi connectivity index (χ0) is 42.3. The number of ether oxygens (including phenoxy) is 1. The maximum atomic E-state index is 15.5. The molecule has 5 heterocycles. The first-order valence-corrected chi connectivity index (χ1v) is 22.7. The summed E-state index contributed by atoms with van der Waals surface area (Å²) in [5, 5.41) is 11.2. The third-order valence-electron chi connectivity index (χ3n) is 11.3. The Morgan fingerprint density at radius 2 is 1.60 bits per heavy atom. The SMILES string of the molecule is COc1cc(N2CCC(CN3CCN(c4cc5c(cc4F)C(=O)N(N4CCC(=O)NC4=O)C5=O)CC3)CC2)ccc1Nc1ncc(Cl)c(Nc2ccccc2P(C)(C)=O)n1. The largest absolute Gasteiger partial charge is 0.494 e. The minimum atomic E-state index is -2.57. The summed E-state index contributed by atoms with van der Waals surface area (Å²) in [5.74, 6) is -0.826. The van der Waals surface area contributed by atoms with Gasteiger partial charge in [-0.05, 0) is 68.5 Å². The van der Waals surface area contributed by atoms with E-state index >= 15 is 4.39 Å². The van der Waals surface area contributed by atoms with Gasteiger partial charge in [0.25, 0.3) is 11.8 Å². The van der Waals surface area contributed by atoms with Gasteiger partial charge in [-0.25, -0.2) is 19.2 Å². The second kappa shape index (κ2) is 16.7. The number of nitrogens with one attached hydrogen (secondary N) is 3. The molecule has 16 nitrogen and oxygen atoms in total. The van der Waals surface area contributed by atoms with Gasteiger partial charge in [-0.15, -0.1) is 0 Å². The van der Waals surface area contributed by atoms with Gasteiger partial charge in [0.1, 0.15) is 23.7 Å². The van der Waals surface area contributed by atoms with Gasteiger partial charge in [0, 0.05) is 69.3 Å². The minimum absolute atomic E-state index is 0.0296. The van der Waals surface area contributed by atoms with E-state index in [1.54, 1.807) is 20.4 Å². The van der Waals surface area contributed by atoms with Crippen LogP contribution in [0.5, 0.6) is 5.75 Å². The number of halogens is 2. The van der Waals surface area contributed by atoms with Crippen molar-refractivity contribution >= 4 is 82.3 Å². The molecule has 0 saturated carbocycles. The molecule has 4 aliphatic rings. The average Bonchev–Trinajstić information content (AvgIpc) is 3.46. The number of para-hydroxylation sites is 1. The molecule has 8 rings (SSSR count). The second-order valence-corrected chi connectivity index (χ2v) is 19.2. The number of carbonyl (C=O) groups excluding carboxylic acids is 4. The monoisotopic (exact) mass is 858 g/mol. The molecule has 0 bridgehead atoms. The standard InChI is InChI=1S/C41H45ClFN10O6P/c1-59-34-20-26(8-9-31(34)46-40-44-23-29(42)37(48-40)45-32-6-4-5-7-35(32)60(2,3)58)50-13-10-25(11-14-50)24-49-16-18-51(19-17-49)33-22-28-27(21-30(33)43)38(55)53(39(28)56)52-15-12-36(54)47-41(52)57/h4-9,20-23,25H,10-19,24H2,1-3H3,(H,47,54,57)(H2,44,45,46,48). The molecule has 0 radical (unpaired) electrons. The lowest BCUT2D eigenvalue weighted by Crippen LogP contribution is -2.58. The van der Waals surface area contributed by atoms with Crippen LogP contribution in [0.2, 0.25) is 5.02 Å². The van der Waals surface area contributed by atoms with E-state index in [2.05, 4.69) is 35.7 Å². The Labute approximate surface area is 351 Å². The number of nitrogens with zero attached hydrogens (tertiary/aromatic N) is 7. The number of anilines is 6. The van der Waals surface area contributed by atoms with Crippen LogP contribution in [0.3, 0.4) is 0 Å². The summed E-state index contributed by atoms with van der Waals surface area (Å²) in [6.07, 6.45) is 3.45. The van der Waals surface area contributed by atoms with Gasteiger partial charge in [-0.1, -0.05) is 23.7 Å². The van der Waals surface area contributed by atoms with Gasteiger partial charge in [0.15, 0.2) is 5.82 Å². The zero-order valence-corrected chi connectivity index (χ0v) is 35.1. The average molecular weight is 859 g/mol. The number of fused-ring (bicyclic) bond motifs is 1. The van der Waals surface area contributed by atoms with Crippen LogP contribution in [0, 0.1) is 11.7 Å². The first-order chi connectivity index (χ1) is 28.8. The van der Waals surface area contributed by atoms with Crippen molar-refractivity contribution in [2.24, 2.45) is 5.92 Å². The predicted molar refractivity (Wildman–Crippen MR) is 227 cm³/mol. The summed E-state index contributed by atoms with van der Waals surface area (Å²) in [5.41, 5.74) is 2.55. The van der Waals surface area contributed by atoms with Crippen LogP contribution in [-0.4, -0.2) is 121 Å². The van der Waals surface area contributed by atoms with Crippen LogP contribution in [-0.2, 0) is 9.36 Å². The fourth-order valence-electron chi connectivity index (χ4n) is 8.15. The summed E-state index contributed by atoms with van der Waals surface area (Å²) in [4.78, 5) is 66.0. The number of hydrogen-bond donors (Lipinski definition) is 3. The number of urea groups is 1. The van der Waals surface area contributed by atoms with Crippen molar-refractivity contribution in [3.8, 4) is 5.75 Å². The molecule has 4 aliphatic heterocycles. The van der Waals surface area contributed by atoms with Crippen LogP contribution >= 0.6 is 18.7 Å². The molecular weight excluding hydrogens is 814 g/mol. The predicted octanol–water partition coefficient (Wildman–Crippen LogP) is 5.50. The fourth-order valence-corrected chi connectivity index (χ4v) is 9.44. The minimum Gasteiger partial charge on any atom is -0.494 e. The van der Waals surface area contributed by atoms with E-state index in [4.69, 9.17) is 16.3 Å². The molecule has 3 saturated heterocycles. The number of carbonyl (C=O) groups is 4. The topological polar surface area (TPSA) is 173 Å². The van der Waals surface area contributed by atoms with Gasteiger partial charge in [-0.2, -0.15) is 9.99 Å². The number of piperidine rings is 1. The van der Waals surface area contributed by atoms with E-state index < -0.39 is 36.7 Å². The highest BCUT2D eigenvalue weighted by Gasteiger charge is 2.44. The van der Waals surface area contributed by atoms with Crippen molar-refractivity contribution in [2.45, 2.75) is 19.3 Å². The number of rotatable bonds is 11. The number of benzene rings is 3. The summed E-state index contributed by atoms with van der Waals surface area (Å²) in [6, 6.07) is 15.0. The highest BCUT2D eigenvalue weighted by atomic mass is 35.5. The summed E-state index contributed by atoms with van der Waals surface area (Å²) < 4.78 is 34.1. The highest BCUT2D eigenvalue weighted by Crippen LogP contribution is 2.39. The maximum Gasteiger partial charge on any atom is 0.343 e. The Balaban J connectivity index is 0.842. The normalized spacial score (nSPS) is 17.9. The van der Waals surface area contributed by atoms with E-state index in [1.165, 1.54) is 12.3 Å². The highest BCUT2D eigenvalue weighted by molar-refractivity contribution is 7.70. The van der Waals surface area contributed by atoms with Gasteiger partial charge < -0.3 is 29.7 Å². The summed E-state index contributed by atoms with van der Waals surface area (Å²) in [7, 11) is -0.952. The Morgan fingerprint density at radius 3 is 2.30 bits per heavy atom. The smallest absolute Gasteiger partial charge is 0.343 e. The van der Waals surface area contributed by atoms with Crippen molar-refractivity contribution in [3.63, 3.8) is 0 Å². The zero-order valence-electron chi connectivity index (χ0n) is 33.4. The maximum absolute atomic E-state index is 15.5. The van der Waals surface area contributed by atoms with Crippen molar-refractivity contribution in [1.82, 2.24) is 30.2 Å². The van der Waals surface area contributed by atoms with Crippen molar-refractivity contribution in [3.05, 3.63) is 82.8 Å². The van der Waals surface area contributed by atoms with E-state index in [0.29, 0.717) is 76.3 Å². The molecule has 1 aromatic heterocycles. The number of methoxy groups -OCH3 is 1. The van der Waals surface area contributed by atoms with Gasteiger partial charge >= 0.3 is 6.03 Å². The summed E-state index contributed by atoms with van der Waals surface area (Å²) >= 11 is 6.46. The molecule has 314 valence electrons. The van der Waals surface area contributed by atoms with E-state index in [9.17, 15) is 23.7 Å². The first kappa shape index (κ1) is 41.0. The number of hydrogen-bond acceptors (Lipinski definition) is 13. The lowest BCUT2D eigenvalue weighted by Gasteiger charge is -2.40. The summed E-state index contributed by atoms with van der Waals surface area (Å²) in [6.45, 7) is 8.49. The lowest BCUT2D eigenvalue weighted by molar-refractivity contribution is -0.122. The third-order valence-corrected chi connectivity index (χ3v) is 13.2. The number of aromatic nitrogens is 2. The van der Waals surface area contributed by atoms with Crippen LogP contribution in [0.25, 0.3) is 0 Å². The Morgan fingerprint density at radius 1 is 0.883 bits per heavy atom. The van der Waals surface area contributed by atoms with Crippen LogP contribution in [0.15, 0.2) is 60.8 Å². The molecule has 0 atom stereocenters.